The number of carbonyl (C=O) groups is 1. The molecule has 3 aromatic carbocycles. The molecule has 0 atom stereocenters. The summed E-state index contributed by atoms with van der Waals surface area (Å²) in [6.45, 7) is 2.08. The summed E-state index contributed by atoms with van der Waals surface area (Å²) in [5.41, 5.74) is 5.91. The number of hydrazone groups is 1. The molecule has 7 heteroatoms. The molecule has 0 bridgehead atoms. The van der Waals surface area contributed by atoms with E-state index < -0.39 is 0 Å². The van der Waals surface area contributed by atoms with Crippen molar-refractivity contribution >= 4 is 34.7 Å². The van der Waals surface area contributed by atoms with Crippen LogP contribution in [0.15, 0.2) is 77.0 Å². The Morgan fingerprint density at radius 3 is 2.63 bits per heavy atom. The number of amides is 1. The summed E-state index contributed by atoms with van der Waals surface area (Å²) in [4.78, 5) is 12.6. The van der Waals surface area contributed by atoms with Gasteiger partial charge in [0.25, 0.3) is 5.91 Å². The van der Waals surface area contributed by atoms with E-state index in [9.17, 15) is 4.79 Å². The number of aryl methyl sites for hydroxylation is 1. The quantitative estimate of drug-likeness (QED) is 0.194. The second-order valence-corrected chi connectivity index (χ2v) is 9.93. The Balaban J connectivity index is 1.28. The molecular formula is C28H29N5OS. The summed E-state index contributed by atoms with van der Waals surface area (Å²) in [5.74, 6) is 0.946. The van der Waals surface area contributed by atoms with Crippen molar-refractivity contribution in [2.24, 2.45) is 5.10 Å². The van der Waals surface area contributed by atoms with Crippen LogP contribution in [0.5, 0.6) is 0 Å². The van der Waals surface area contributed by atoms with Crippen LogP contribution in [0.1, 0.15) is 49.3 Å². The first-order chi connectivity index (χ1) is 17.2. The first-order valence-corrected chi connectivity index (χ1v) is 13.1. The van der Waals surface area contributed by atoms with Gasteiger partial charge in [0.15, 0.2) is 11.0 Å². The molecule has 6 nitrogen and oxygen atoms in total. The highest BCUT2D eigenvalue weighted by Gasteiger charge is 2.24. The molecule has 35 heavy (non-hydrogen) atoms. The molecule has 4 aromatic rings. The van der Waals surface area contributed by atoms with Gasteiger partial charge in [-0.15, -0.1) is 10.2 Å². The summed E-state index contributed by atoms with van der Waals surface area (Å²) in [6, 6.07) is 22.9. The lowest BCUT2D eigenvalue weighted by molar-refractivity contribution is -0.118. The highest BCUT2D eigenvalue weighted by atomic mass is 32.2. The van der Waals surface area contributed by atoms with E-state index in [-0.39, 0.29) is 11.7 Å². The molecule has 0 saturated heterocycles. The number of hydrogen-bond acceptors (Lipinski definition) is 5. The van der Waals surface area contributed by atoms with Gasteiger partial charge in [-0.1, -0.05) is 103 Å². The topological polar surface area (TPSA) is 72.2 Å². The van der Waals surface area contributed by atoms with Crippen molar-refractivity contribution in [3.63, 3.8) is 0 Å². The molecule has 1 aromatic heterocycles. The number of benzene rings is 3. The number of nitrogens with zero attached hydrogens (tertiary/aromatic N) is 4. The van der Waals surface area contributed by atoms with Gasteiger partial charge >= 0.3 is 0 Å². The van der Waals surface area contributed by atoms with Gasteiger partial charge in [-0.2, -0.15) is 5.10 Å². The van der Waals surface area contributed by atoms with Crippen LogP contribution in [-0.2, 0) is 4.79 Å². The minimum absolute atomic E-state index is 0.165. The fourth-order valence-electron chi connectivity index (χ4n) is 4.64. The largest absolute Gasteiger partial charge is 0.299 e. The minimum atomic E-state index is -0.165. The van der Waals surface area contributed by atoms with Gasteiger partial charge in [0.1, 0.15) is 0 Å². The van der Waals surface area contributed by atoms with E-state index in [0.29, 0.717) is 6.04 Å². The second-order valence-electron chi connectivity index (χ2n) is 8.98. The molecule has 0 spiro atoms. The molecule has 1 N–H and O–H groups in total. The maximum atomic E-state index is 12.6. The molecule has 0 aliphatic heterocycles. The second kappa shape index (κ2) is 10.9. The third-order valence-corrected chi connectivity index (χ3v) is 7.41. The number of aromatic nitrogens is 3. The average molecular weight is 484 g/mol. The first kappa shape index (κ1) is 23.3. The molecule has 0 radical (unpaired) electrons. The number of nitrogens with one attached hydrogen (secondary N) is 1. The van der Waals surface area contributed by atoms with E-state index in [4.69, 9.17) is 0 Å². The highest BCUT2D eigenvalue weighted by molar-refractivity contribution is 7.99. The lowest BCUT2D eigenvalue weighted by Gasteiger charge is -2.25. The molecule has 0 unspecified atom stereocenters. The van der Waals surface area contributed by atoms with Gasteiger partial charge in [-0.3, -0.25) is 9.36 Å². The van der Waals surface area contributed by atoms with Crippen molar-refractivity contribution in [2.75, 3.05) is 5.75 Å². The van der Waals surface area contributed by atoms with Gasteiger partial charge in [-0.25, -0.2) is 5.43 Å². The highest BCUT2D eigenvalue weighted by Crippen LogP contribution is 2.35. The van der Waals surface area contributed by atoms with Crippen molar-refractivity contribution in [3.05, 3.63) is 77.9 Å². The maximum Gasteiger partial charge on any atom is 0.250 e. The van der Waals surface area contributed by atoms with Gasteiger partial charge in [-0.05, 0) is 30.5 Å². The van der Waals surface area contributed by atoms with Crippen LogP contribution in [0.3, 0.4) is 0 Å². The standard InChI is InChI=1S/C28H29N5OS/c1-20-14-16-22(17-15-20)27-31-32-28(33(27)24-11-3-2-4-12-24)35-19-26(34)30-29-18-23-10-7-9-21-8-5-6-13-25(21)23/h5-10,13-18,24H,2-4,11-12,19H2,1H3,(H,30,34)/b29-18+. The van der Waals surface area contributed by atoms with Gasteiger partial charge in [0, 0.05) is 17.2 Å². The monoisotopic (exact) mass is 483 g/mol. The van der Waals surface area contributed by atoms with Gasteiger partial charge < -0.3 is 0 Å². The first-order valence-electron chi connectivity index (χ1n) is 12.1. The van der Waals surface area contributed by atoms with Gasteiger partial charge in [0.2, 0.25) is 0 Å². The van der Waals surface area contributed by atoms with Crippen LogP contribution in [0, 0.1) is 6.92 Å². The normalized spacial score (nSPS) is 14.5. The zero-order chi connectivity index (χ0) is 24.0. The Kier molecular flexibility index (Phi) is 7.23. The molecular weight excluding hydrogens is 454 g/mol. The third-order valence-electron chi connectivity index (χ3n) is 6.46. The minimum Gasteiger partial charge on any atom is -0.299 e. The van der Waals surface area contributed by atoms with Crippen LogP contribution >= 0.6 is 11.8 Å². The van der Waals surface area contributed by atoms with Crippen molar-refractivity contribution < 1.29 is 4.79 Å². The Labute approximate surface area is 209 Å². The van der Waals surface area contributed by atoms with Crippen LogP contribution in [-0.4, -0.2) is 32.6 Å². The van der Waals surface area contributed by atoms with Gasteiger partial charge in [0.05, 0.1) is 12.0 Å². The summed E-state index contributed by atoms with van der Waals surface area (Å²) in [6.07, 6.45) is 7.63. The summed E-state index contributed by atoms with van der Waals surface area (Å²) in [5, 5.41) is 16.2. The van der Waals surface area contributed by atoms with Crippen molar-refractivity contribution in [1.82, 2.24) is 20.2 Å². The predicted molar refractivity (Wildman–Crippen MR) is 143 cm³/mol. The fourth-order valence-corrected chi connectivity index (χ4v) is 5.44. The lowest BCUT2D eigenvalue weighted by atomic mass is 9.95. The van der Waals surface area contributed by atoms with Crippen molar-refractivity contribution in [2.45, 2.75) is 50.2 Å². The predicted octanol–water partition coefficient (Wildman–Crippen LogP) is 6.15. The molecule has 1 aliphatic rings. The SMILES string of the molecule is Cc1ccc(-c2nnc(SCC(=O)N/N=C/c3cccc4ccccc34)n2C2CCCCC2)cc1. The Bertz CT molecular complexity index is 1330. The molecule has 1 amide bonds. The van der Waals surface area contributed by atoms with Crippen LogP contribution in [0.25, 0.3) is 22.2 Å². The summed E-state index contributed by atoms with van der Waals surface area (Å²) in [7, 11) is 0. The smallest absolute Gasteiger partial charge is 0.250 e. The van der Waals surface area contributed by atoms with Crippen LogP contribution in [0.2, 0.25) is 0 Å². The Morgan fingerprint density at radius 1 is 1.03 bits per heavy atom. The molecule has 178 valence electrons. The molecule has 5 rings (SSSR count). The lowest BCUT2D eigenvalue weighted by Crippen LogP contribution is -2.20. The Morgan fingerprint density at radius 2 is 1.80 bits per heavy atom. The average Bonchev–Trinajstić information content (AvgIpc) is 3.32. The molecule has 1 saturated carbocycles. The van der Waals surface area contributed by atoms with Crippen LogP contribution in [0.4, 0.5) is 0 Å². The zero-order valence-electron chi connectivity index (χ0n) is 19.9. The van der Waals surface area contributed by atoms with Crippen molar-refractivity contribution in [3.8, 4) is 11.4 Å². The van der Waals surface area contributed by atoms with E-state index in [1.807, 2.05) is 24.3 Å². The Hall–Kier alpha value is -3.45. The van der Waals surface area contributed by atoms with E-state index in [1.54, 1.807) is 6.21 Å². The van der Waals surface area contributed by atoms with Crippen LogP contribution < -0.4 is 5.43 Å². The molecule has 1 fully saturated rings. The van der Waals surface area contributed by atoms with E-state index >= 15 is 0 Å². The number of carbonyl (C=O) groups excluding carboxylic acids is 1. The van der Waals surface area contributed by atoms with E-state index in [0.717, 1.165) is 45.7 Å². The molecule has 1 aliphatic carbocycles. The van der Waals surface area contributed by atoms with Crippen molar-refractivity contribution in [1.29, 1.82) is 0 Å². The fraction of sp³-hybridized carbons (Fsp3) is 0.286. The third kappa shape index (κ3) is 5.46. The summed E-state index contributed by atoms with van der Waals surface area (Å²) >= 11 is 1.42. The molecule has 1 heterocycles. The summed E-state index contributed by atoms with van der Waals surface area (Å²) < 4.78 is 2.25. The zero-order valence-corrected chi connectivity index (χ0v) is 20.7. The van der Waals surface area contributed by atoms with E-state index in [1.165, 1.54) is 36.6 Å². The maximum absolute atomic E-state index is 12.6. The van der Waals surface area contributed by atoms with E-state index in [2.05, 4.69) is 74.7 Å². The number of hydrogen-bond donors (Lipinski definition) is 1. The number of rotatable bonds is 7. The number of fused-ring (bicyclic) bond motifs is 1. The number of thioether (sulfide) groups is 1.